The highest BCUT2D eigenvalue weighted by molar-refractivity contribution is 9.10. The molecule has 1 heterocycles. The van der Waals surface area contributed by atoms with E-state index in [0.29, 0.717) is 11.3 Å². The zero-order chi connectivity index (χ0) is 15.2. The third-order valence-corrected chi connectivity index (χ3v) is 3.80. The molecule has 21 heavy (non-hydrogen) atoms. The average Bonchev–Trinajstić information content (AvgIpc) is 2.52. The van der Waals surface area contributed by atoms with Gasteiger partial charge >= 0.3 is 5.97 Å². The van der Waals surface area contributed by atoms with E-state index in [2.05, 4.69) is 30.4 Å². The lowest BCUT2D eigenvalue weighted by atomic mass is 10.2. The number of rotatable bonds is 5. The van der Waals surface area contributed by atoms with Crippen LogP contribution in [0.4, 0.5) is 5.69 Å². The summed E-state index contributed by atoms with van der Waals surface area (Å²) in [6.45, 7) is 0. The van der Waals surface area contributed by atoms with Gasteiger partial charge < -0.3 is 14.2 Å². The number of carbonyl (C=O) groups excluding carboxylic acids is 1. The van der Waals surface area contributed by atoms with E-state index in [1.165, 1.54) is 19.1 Å². The van der Waals surface area contributed by atoms with Crippen LogP contribution in [0.25, 0.3) is 0 Å². The van der Waals surface area contributed by atoms with Crippen molar-refractivity contribution in [2.45, 2.75) is 4.90 Å². The van der Waals surface area contributed by atoms with Gasteiger partial charge in [0.15, 0.2) is 0 Å². The zero-order valence-electron chi connectivity index (χ0n) is 11.4. The van der Waals surface area contributed by atoms with E-state index < -0.39 is 5.97 Å². The van der Waals surface area contributed by atoms with E-state index in [-0.39, 0.29) is 0 Å². The molecule has 0 radical (unpaired) electrons. The summed E-state index contributed by atoms with van der Waals surface area (Å²) in [6.07, 6.45) is 3.47. The highest BCUT2D eigenvalue weighted by Crippen LogP contribution is 2.30. The third-order valence-electron chi connectivity index (χ3n) is 2.58. The fraction of sp³-hybridized carbons (Fsp3) is 0.143. The number of carbonyl (C=O) groups is 1. The number of benzene rings is 1. The number of halogens is 1. The number of nitrogens with zero attached hydrogens (tertiary/aromatic N) is 1. The molecule has 0 saturated carbocycles. The maximum atomic E-state index is 11.5. The summed E-state index contributed by atoms with van der Waals surface area (Å²) in [4.78, 5) is 16.5. The van der Waals surface area contributed by atoms with Crippen molar-refractivity contribution in [3.05, 3.63) is 46.7 Å². The van der Waals surface area contributed by atoms with Crippen LogP contribution in [0.3, 0.4) is 0 Å². The Hall–Kier alpha value is -1.73. The molecule has 0 spiro atoms. The molecule has 7 heteroatoms. The Balaban J connectivity index is 2.14. The second kappa shape index (κ2) is 7.33. The van der Waals surface area contributed by atoms with Crippen molar-refractivity contribution in [2.75, 3.05) is 18.9 Å². The molecule has 1 N–H and O–H groups in total. The minimum atomic E-state index is -0.399. The monoisotopic (exact) mass is 368 g/mol. The number of hydrogen-bond donors (Lipinski definition) is 1. The first-order valence-corrected chi connectivity index (χ1v) is 7.54. The van der Waals surface area contributed by atoms with Crippen molar-refractivity contribution < 1.29 is 14.3 Å². The minimum Gasteiger partial charge on any atom is -0.495 e. The normalized spacial score (nSPS) is 10.0. The molecule has 0 unspecified atom stereocenters. The molecule has 0 aliphatic carbocycles. The molecule has 0 amide bonds. The summed E-state index contributed by atoms with van der Waals surface area (Å²) in [5.41, 5.74) is 1.20. The Morgan fingerprint density at radius 1 is 1.29 bits per heavy atom. The topological polar surface area (TPSA) is 60.5 Å². The minimum absolute atomic E-state index is 0.399. The first kappa shape index (κ1) is 15.7. The molecule has 1 aromatic carbocycles. The van der Waals surface area contributed by atoms with Gasteiger partial charge in [-0.15, -0.1) is 0 Å². The van der Waals surface area contributed by atoms with Gasteiger partial charge in [0.1, 0.15) is 5.75 Å². The predicted molar refractivity (Wildman–Crippen MR) is 85.8 cm³/mol. The van der Waals surface area contributed by atoms with Crippen molar-refractivity contribution in [3.8, 4) is 5.75 Å². The summed E-state index contributed by atoms with van der Waals surface area (Å²) in [7, 11) is 2.89. The van der Waals surface area contributed by atoms with Crippen LogP contribution in [-0.4, -0.2) is 25.2 Å². The van der Waals surface area contributed by atoms with Gasteiger partial charge in [0.25, 0.3) is 0 Å². The van der Waals surface area contributed by atoms with Gasteiger partial charge in [-0.25, -0.2) is 4.79 Å². The lowest BCUT2D eigenvalue weighted by Gasteiger charge is -2.11. The third kappa shape index (κ3) is 4.12. The lowest BCUT2D eigenvalue weighted by Crippen LogP contribution is -2.02. The SMILES string of the molecule is COC(=O)c1ccc(NSc2cncc(Br)c2)c(OC)c1. The predicted octanol–water partition coefficient (Wildman–Crippen LogP) is 3.76. The Bertz CT molecular complexity index is 652. The number of aromatic nitrogens is 1. The number of ether oxygens (including phenoxy) is 2. The lowest BCUT2D eigenvalue weighted by molar-refractivity contribution is 0.0600. The molecule has 110 valence electrons. The van der Waals surface area contributed by atoms with Gasteiger partial charge in [-0.3, -0.25) is 4.98 Å². The van der Waals surface area contributed by atoms with Crippen LogP contribution in [0, 0.1) is 0 Å². The molecule has 2 aromatic rings. The highest BCUT2D eigenvalue weighted by atomic mass is 79.9. The fourth-order valence-corrected chi connectivity index (χ4v) is 2.79. The summed E-state index contributed by atoms with van der Waals surface area (Å²) >= 11 is 4.77. The maximum Gasteiger partial charge on any atom is 0.337 e. The quantitative estimate of drug-likeness (QED) is 0.640. The maximum absolute atomic E-state index is 11.5. The molecular formula is C14H13BrN2O3S. The van der Waals surface area contributed by atoms with E-state index in [0.717, 1.165) is 15.1 Å². The molecule has 0 aliphatic heterocycles. The number of anilines is 1. The molecule has 2 rings (SSSR count). The van der Waals surface area contributed by atoms with E-state index in [1.807, 2.05) is 6.07 Å². The van der Waals surface area contributed by atoms with E-state index in [4.69, 9.17) is 4.74 Å². The van der Waals surface area contributed by atoms with Crippen LogP contribution in [0.15, 0.2) is 46.0 Å². The van der Waals surface area contributed by atoms with Crippen LogP contribution in [0.1, 0.15) is 10.4 Å². The van der Waals surface area contributed by atoms with Gasteiger partial charge in [-0.1, -0.05) is 0 Å². The van der Waals surface area contributed by atoms with Crippen molar-refractivity contribution >= 4 is 39.5 Å². The van der Waals surface area contributed by atoms with Crippen LogP contribution >= 0.6 is 27.9 Å². The average molecular weight is 369 g/mol. The van der Waals surface area contributed by atoms with E-state index in [9.17, 15) is 4.79 Å². The van der Waals surface area contributed by atoms with Crippen molar-refractivity contribution in [1.82, 2.24) is 4.98 Å². The second-order valence-corrected chi connectivity index (χ2v) is 5.74. The smallest absolute Gasteiger partial charge is 0.337 e. The van der Waals surface area contributed by atoms with Crippen molar-refractivity contribution in [3.63, 3.8) is 0 Å². The Labute approximate surface area is 135 Å². The number of nitrogens with one attached hydrogen (secondary N) is 1. The number of hydrogen-bond acceptors (Lipinski definition) is 6. The van der Waals surface area contributed by atoms with E-state index >= 15 is 0 Å². The first-order chi connectivity index (χ1) is 10.1. The highest BCUT2D eigenvalue weighted by Gasteiger charge is 2.10. The summed E-state index contributed by atoms with van der Waals surface area (Å²) < 4.78 is 14.0. The van der Waals surface area contributed by atoms with E-state index in [1.54, 1.807) is 37.7 Å². The summed E-state index contributed by atoms with van der Waals surface area (Å²) in [6, 6.07) is 7.02. The molecular weight excluding hydrogens is 356 g/mol. The fourth-order valence-electron chi connectivity index (χ4n) is 1.58. The van der Waals surface area contributed by atoms with Crippen molar-refractivity contribution in [1.29, 1.82) is 0 Å². The number of esters is 1. The summed E-state index contributed by atoms with van der Waals surface area (Å²) in [5.74, 6) is 0.164. The Morgan fingerprint density at radius 2 is 2.10 bits per heavy atom. The van der Waals surface area contributed by atoms with Crippen LogP contribution < -0.4 is 9.46 Å². The standard InChI is InChI=1S/C14H13BrN2O3S/c1-19-13-5-9(14(18)20-2)3-4-12(13)17-21-11-6-10(15)7-16-8-11/h3-8,17H,1-2H3. The molecule has 0 fully saturated rings. The van der Waals surface area contributed by atoms with Crippen molar-refractivity contribution in [2.24, 2.45) is 0 Å². The van der Waals surface area contributed by atoms with Gasteiger partial charge in [0, 0.05) is 21.8 Å². The van der Waals surface area contributed by atoms with Gasteiger partial charge in [0.05, 0.1) is 25.5 Å². The molecule has 0 bridgehead atoms. The molecule has 5 nitrogen and oxygen atoms in total. The molecule has 0 aliphatic rings. The Morgan fingerprint density at radius 3 is 2.76 bits per heavy atom. The summed E-state index contributed by atoms with van der Waals surface area (Å²) in [5, 5.41) is 0. The Kier molecular flexibility index (Phi) is 5.46. The molecule has 0 atom stereocenters. The van der Waals surface area contributed by atoms with Crippen LogP contribution in [0.2, 0.25) is 0 Å². The van der Waals surface area contributed by atoms with Gasteiger partial charge in [-0.2, -0.15) is 0 Å². The van der Waals surface area contributed by atoms with Gasteiger partial charge in [0.2, 0.25) is 0 Å². The van der Waals surface area contributed by atoms with Gasteiger partial charge in [-0.05, 0) is 52.1 Å². The number of pyridine rings is 1. The second-order valence-electron chi connectivity index (χ2n) is 3.95. The number of methoxy groups -OCH3 is 2. The zero-order valence-corrected chi connectivity index (χ0v) is 13.8. The van der Waals surface area contributed by atoms with Crippen LogP contribution in [0.5, 0.6) is 5.75 Å². The first-order valence-electron chi connectivity index (χ1n) is 5.94. The largest absolute Gasteiger partial charge is 0.495 e. The molecule has 0 saturated heterocycles. The van der Waals surface area contributed by atoms with Crippen LogP contribution in [-0.2, 0) is 4.74 Å². The molecule has 1 aromatic heterocycles.